The molecule has 1 aromatic rings. The number of halogens is 1. The topological polar surface area (TPSA) is 79.0 Å². The molecule has 2 heterocycles. The van der Waals surface area contributed by atoms with Crippen LogP contribution in [0.4, 0.5) is 0 Å². The number of ether oxygens (including phenoxy) is 1. The Morgan fingerprint density at radius 2 is 1.78 bits per heavy atom. The maximum absolute atomic E-state index is 12.8. The Morgan fingerprint density at radius 1 is 1.15 bits per heavy atom. The number of piperazine rings is 1. The van der Waals surface area contributed by atoms with Crippen LogP contribution >= 0.6 is 12.4 Å². The van der Waals surface area contributed by atoms with Crippen LogP contribution in [0.3, 0.4) is 0 Å². The van der Waals surface area contributed by atoms with Gasteiger partial charge >= 0.3 is 0 Å². The number of sulfonamides is 1. The molecule has 0 radical (unpaired) electrons. The summed E-state index contributed by atoms with van der Waals surface area (Å²) >= 11 is 0. The average molecular weight is 418 g/mol. The van der Waals surface area contributed by atoms with Crippen molar-refractivity contribution in [1.82, 2.24) is 14.5 Å². The van der Waals surface area contributed by atoms with E-state index in [4.69, 9.17) is 4.74 Å². The van der Waals surface area contributed by atoms with Gasteiger partial charge in [0.2, 0.25) is 15.9 Å². The number of amides is 1. The monoisotopic (exact) mass is 417 g/mol. The summed E-state index contributed by atoms with van der Waals surface area (Å²) in [5.74, 6) is 0.349. The van der Waals surface area contributed by atoms with Crippen molar-refractivity contribution in [1.29, 1.82) is 0 Å². The molecule has 0 spiro atoms. The van der Waals surface area contributed by atoms with Crippen LogP contribution in [0.15, 0.2) is 29.2 Å². The molecule has 0 aromatic heterocycles. The maximum Gasteiger partial charge on any atom is 0.243 e. The third-order valence-electron chi connectivity index (χ3n) is 4.95. The molecule has 2 aliphatic heterocycles. The number of rotatable bonds is 4. The highest BCUT2D eigenvalue weighted by Crippen LogP contribution is 2.21. The molecule has 0 saturated carbocycles. The summed E-state index contributed by atoms with van der Waals surface area (Å²) in [5.41, 5.74) is 1.11. The summed E-state index contributed by atoms with van der Waals surface area (Å²) in [5, 5.41) is 3.15. The van der Waals surface area contributed by atoms with Gasteiger partial charge in [0.25, 0.3) is 0 Å². The fourth-order valence-corrected chi connectivity index (χ4v) is 4.69. The van der Waals surface area contributed by atoms with Crippen molar-refractivity contribution < 1.29 is 17.9 Å². The maximum atomic E-state index is 12.8. The Bertz CT molecular complexity index is 725. The summed E-state index contributed by atoms with van der Waals surface area (Å²) in [6.45, 7) is 7.24. The second-order valence-electron chi connectivity index (χ2n) is 7.03. The molecule has 1 atom stereocenters. The number of carbonyl (C=O) groups excluding carboxylic acids is 1. The van der Waals surface area contributed by atoms with Gasteiger partial charge in [-0.05, 0) is 23.6 Å². The van der Waals surface area contributed by atoms with Crippen molar-refractivity contribution in [2.75, 3.05) is 45.9 Å². The SMILES string of the molecule is CC(C)c1ccc(S(=O)(=O)N2CCN(C(=O)C3COCCN3)CC2)cc1.Cl. The van der Waals surface area contributed by atoms with Crippen LogP contribution < -0.4 is 5.32 Å². The molecule has 152 valence electrons. The zero-order valence-corrected chi connectivity index (χ0v) is 17.4. The Balaban J connectivity index is 0.00000261. The van der Waals surface area contributed by atoms with E-state index >= 15 is 0 Å². The first-order chi connectivity index (χ1) is 12.4. The number of nitrogens with one attached hydrogen (secondary N) is 1. The molecular weight excluding hydrogens is 390 g/mol. The Morgan fingerprint density at radius 3 is 2.30 bits per heavy atom. The van der Waals surface area contributed by atoms with E-state index in [1.807, 2.05) is 12.1 Å². The highest BCUT2D eigenvalue weighted by Gasteiger charge is 2.33. The van der Waals surface area contributed by atoms with Gasteiger partial charge in [-0.1, -0.05) is 26.0 Å². The van der Waals surface area contributed by atoms with Gasteiger partial charge in [-0.15, -0.1) is 12.4 Å². The Labute approximate surface area is 167 Å². The molecular formula is C18H28ClN3O4S. The number of benzene rings is 1. The van der Waals surface area contributed by atoms with Crippen LogP contribution in [-0.2, 0) is 19.6 Å². The standard InChI is InChI=1S/C18H27N3O4S.ClH/c1-14(2)15-3-5-16(6-4-15)26(23,24)21-10-8-20(9-11-21)18(22)17-13-25-12-7-19-17;/h3-6,14,17,19H,7-13H2,1-2H3;1H. The molecule has 1 N–H and O–H groups in total. The van der Waals surface area contributed by atoms with Crippen molar-refractivity contribution in [2.24, 2.45) is 0 Å². The lowest BCUT2D eigenvalue weighted by Crippen LogP contribution is -2.57. The zero-order chi connectivity index (χ0) is 18.7. The van der Waals surface area contributed by atoms with E-state index in [0.29, 0.717) is 56.8 Å². The summed E-state index contributed by atoms with van der Waals surface area (Å²) in [4.78, 5) is 14.5. The third-order valence-corrected chi connectivity index (χ3v) is 6.87. The number of nitrogens with zero attached hydrogens (tertiary/aromatic N) is 2. The molecule has 3 rings (SSSR count). The van der Waals surface area contributed by atoms with E-state index in [9.17, 15) is 13.2 Å². The average Bonchev–Trinajstić information content (AvgIpc) is 2.68. The molecule has 1 unspecified atom stereocenters. The summed E-state index contributed by atoms with van der Waals surface area (Å²) in [6.07, 6.45) is 0. The lowest BCUT2D eigenvalue weighted by Gasteiger charge is -2.36. The summed E-state index contributed by atoms with van der Waals surface area (Å²) in [6, 6.07) is 6.75. The van der Waals surface area contributed by atoms with E-state index in [1.165, 1.54) is 4.31 Å². The van der Waals surface area contributed by atoms with Crippen LogP contribution in [0, 0.1) is 0 Å². The fraction of sp³-hybridized carbons (Fsp3) is 0.611. The number of carbonyl (C=O) groups is 1. The second-order valence-corrected chi connectivity index (χ2v) is 8.97. The van der Waals surface area contributed by atoms with E-state index in [1.54, 1.807) is 17.0 Å². The van der Waals surface area contributed by atoms with Gasteiger partial charge in [0, 0.05) is 32.7 Å². The third kappa shape index (κ3) is 5.00. The lowest BCUT2D eigenvalue weighted by molar-refractivity contribution is -0.137. The molecule has 2 aliphatic rings. The first-order valence-corrected chi connectivity index (χ1v) is 10.5. The molecule has 27 heavy (non-hydrogen) atoms. The van der Waals surface area contributed by atoms with Gasteiger partial charge in [0.1, 0.15) is 6.04 Å². The van der Waals surface area contributed by atoms with Crippen LogP contribution in [0.2, 0.25) is 0 Å². The zero-order valence-electron chi connectivity index (χ0n) is 15.8. The van der Waals surface area contributed by atoms with Crippen LogP contribution in [0.5, 0.6) is 0 Å². The van der Waals surface area contributed by atoms with Crippen molar-refractivity contribution >= 4 is 28.3 Å². The smallest absolute Gasteiger partial charge is 0.243 e. The van der Waals surface area contributed by atoms with Gasteiger partial charge in [0.05, 0.1) is 18.1 Å². The molecule has 7 nitrogen and oxygen atoms in total. The van der Waals surface area contributed by atoms with Crippen LogP contribution in [-0.4, -0.2) is 75.5 Å². The van der Waals surface area contributed by atoms with Gasteiger partial charge in [-0.3, -0.25) is 4.79 Å². The predicted octanol–water partition coefficient (Wildman–Crippen LogP) is 1.05. The van der Waals surface area contributed by atoms with E-state index in [0.717, 1.165) is 5.56 Å². The molecule has 2 fully saturated rings. The van der Waals surface area contributed by atoms with Crippen molar-refractivity contribution in [3.8, 4) is 0 Å². The molecule has 0 bridgehead atoms. The van der Waals surface area contributed by atoms with E-state index < -0.39 is 10.0 Å². The van der Waals surface area contributed by atoms with E-state index in [-0.39, 0.29) is 24.4 Å². The lowest BCUT2D eigenvalue weighted by atomic mass is 10.0. The quantitative estimate of drug-likeness (QED) is 0.792. The first kappa shape index (κ1) is 22.1. The number of morpholine rings is 1. The highest BCUT2D eigenvalue weighted by molar-refractivity contribution is 7.89. The van der Waals surface area contributed by atoms with Gasteiger partial charge in [-0.2, -0.15) is 4.31 Å². The van der Waals surface area contributed by atoms with Crippen LogP contribution in [0.25, 0.3) is 0 Å². The fourth-order valence-electron chi connectivity index (χ4n) is 3.27. The molecule has 1 aromatic carbocycles. The molecule has 2 saturated heterocycles. The largest absolute Gasteiger partial charge is 0.378 e. The van der Waals surface area contributed by atoms with Gasteiger partial charge < -0.3 is 15.0 Å². The summed E-state index contributed by atoms with van der Waals surface area (Å²) < 4.78 is 32.5. The Hall–Kier alpha value is -1.19. The highest BCUT2D eigenvalue weighted by atomic mass is 35.5. The van der Waals surface area contributed by atoms with Gasteiger partial charge in [0.15, 0.2) is 0 Å². The predicted molar refractivity (Wildman–Crippen MR) is 106 cm³/mol. The molecule has 1 amide bonds. The second kappa shape index (κ2) is 9.34. The van der Waals surface area contributed by atoms with Crippen molar-refractivity contribution in [3.05, 3.63) is 29.8 Å². The van der Waals surface area contributed by atoms with Gasteiger partial charge in [-0.25, -0.2) is 8.42 Å². The molecule has 0 aliphatic carbocycles. The summed E-state index contributed by atoms with van der Waals surface area (Å²) in [7, 11) is -3.52. The normalized spacial score (nSPS) is 21.7. The van der Waals surface area contributed by atoms with E-state index in [2.05, 4.69) is 19.2 Å². The van der Waals surface area contributed by atoms with Crippen molar-refractivity contribution in [3.63, 3.8) is 0 Å². The van der Waals surface area contributed by atoms with Crippen LogP contribution in [0.1, 0.15) is 25.3 Å². The number of hydrogen-bond acceptors (Lipinski definition) is 5. The first-order valence-electron chi connectivity index (χ1n) is 9.09. The Kier molecular flexibility index (Phi) is 7.64. The number of hydrogen-bond donors (Lipinski definition) is 1. The minimum Gasteiger partial charge on any atom is -0.378 e. The minimum atomic E-state index is -3.52. The van der Waals surface area contributed by atoms with Crippen molar-refractivity contribution in [2.45, 2.75) is 30.7 Å². The minimum absolute atomic E-state index is 0. The molecule has 9 heteroatoms.